The van der Waals surface area contributed by atoms with E-state index in [1.54, 1.807) is 0 Å². The maximum Gasteiger partial charge on any atom is 0.435 e. The molecular weight excluding hydrogens is 235 g/mol. The summed E-state index contributed by atoms with van der Waals surface area (Å²) in [7, 11) is 0. The Labute approximate surface area is 94.4 Å². The molecule has 0 bridgehead atoms. The molecule has 5 nitrogen and oxygen atoms in total. The van der Waals surface area contributed by atoms with Crippen LogP contribution in [0.2, 0.25) is 0 Å². The molecule has 0 aliphatic heterocycles. The third-order valence-electron chi connectivity index (χ3n) is 2.12. The van der Waals surface area contributed by atoms with Crippen molar-refractivity contribution in [3.8, 4) is 0 Å². The van der Waals surface area contributed by atoms with Crippen LogP contribution in [0, 0.1) is 0 Å². The highest BCUT2D eigenvalue weighted by Gasteiger charge is 2.34. The van der Waals surface area contributed by atoms with E-state index in [4.69, 9.17) is 5.73 Å². The van der Waals surface area contributed by atoms with Crippen molar-refractivity contribution in [1.29, 1.82) is 0 Å². The molecule has 0 saturated heterocycles. The largest absolute Gasteiger partial charge is 0.435 e. The number of anilines is 1. The van der Waals surface area contributed by atoms with Crippen LogP contribution in [0.4, 0.5) is 19.0 Å². The van der Waals surface area contributed by atoms with Crippen molar-refractivity contribution >= 4 is 11.3 Å². The number of nitrogens with zero attached hydrogens (tertiary/aromatic N) is 3. The summed E-state index contributed by atoms with van der Waals surface area (Å²) < 4.78 is 38.6. The molecule has 0 atom stereocenters. The second-order valence-electron chi connectivity index (χ2n) is 3.35. The molecule has 0 unspecified atom stereocenters. The average Bonchev–Trinajstić information content (AvgIpc) is 2.70. The number of halogens is 3. The van der Waals surface area contributed by atoms with Gasteiger partial charge >= 0.3 is 6.18 Å². The molecule has 2 aromatic rings. The number of hydrogen-bond donors (Lipinski definition) is 2. The molecule has 3 N–H and O–H groups in total. The van der Waals surface area contributed by atoms with Crippen molar-refractivity contribution in [1.82, 2.24) is 14.6 Å². The predicted molar refractivity (Wildman–Crippen MR) is 55.5 cm³/mol. The van der Waals surface area contributed by atoms with Crippen LogP contribution in [-0.2, 0) is 6.18 Å². The van der Waals surface area contributed by atoms with E-state index >= 15 is 0 Å². The minimum atomic E-state index is -4.46. The summed E-state index contributed by atoms with van der Waals surface area (Å²) in [5, 5.41) is 6.27. The molecule has 0 spiro atoms. The molecule has 2 heterocycles. The zero-order valence-electron chi connectivity index (χ0n) is 8.70. The zero-order valence-corrected chi connectivity index (χ0v) is 8.70. The van der Waals surface area contributed by atoms with E-state index in [1.165, 1.54) is 12.4 Å². The summed E-state index contributed by atoms with van der Waals surface area (Å²) >= 11 is 0. The van der Waals surface area contributed by atoms with Gasteiger partial charge in [-0.2, -0.15) is 18.3 Å². The van der Waals surface area contributed by atoms with Gasteiger partial charge in [-0.25, -0.2) is 9.50 Å². The minimum absolute atomic E-state index is 0.272. The molecule has 2 rings (SSSR count). The summed E-state index contributed by atoms with van der Waals surface area (Å²) in [6.07, 6.45) is -1.73. The number of nitrogens with two attached hydrogens (primary N) is 1. The highest BCUT2D eigenvalue weighted by atomic mass is 19.4. The quantitative estimate of drug-likeness (QED) is 0.850. The molecule has 17 heavy (non-hydrogen) atoms. The Bertz CT molecular complexity index is 519. The standard InChI is InChI=1S/C9H10F3N5/c10-9(11,12)7-5-6-8(14-2-1-13)15-3-4-17(6)16-7/h3-5H,1-2,13H2,(H,14,15). The summed E-state index contributed by atoms with van der Waals surface area (Å²) in [4.78, 5) is 3.94. The van der Waals surface area contributed by atoms with Crippen LogP contribution in [0.15, 0.2) is 18.5 Å². The topological polar surface area (TPSA) is 68.2 Å². The lowest BCUT2D eigenvalue weighted by Crippen LogP contribution is -2.14. The van der Waals surface area contributed by atoms with Gasteiger partial charge in [0.2, 0.25) is 0 Å². The Hall–Kier alpha value is -1.83. The minimum Gasteiger partial charge on any atom is -0.367 e. The molecule has 0 fully saturated rings. The van der Waals surface area contributed by atoms with Crippen LogP contribution in [0.25, 0.3) is 5.52 Å². The summed E-state index contributed by atoms with van der Waals surface area (Å²) in [5.74, 6) is 0.334. The Morgan fingerprint density at radius 2 is 2.18 bits per heavy atom. The lowest BCUT2D eigenvalue weighted by molar-refractivity contribution is -0.141. The molecule has 0 radical (unpaired) electrons. The molecule has 0 aliphatic carbocycles. The monoisotopic (exact) mass is 245 g/mol. The number of nitrogens with one attached hydrogen (secondary N) is 1. The Balaban J connectivity index is 2.45. The van der Waals surface area contributed by atoms with Gasteiger partial charge in [-0.15, -0.1) is 0 Å². The fourth-order valence-corrected chi connectivity index (χ4v) is 1.39. The van der Waals surface area contributed by atoms with E-state index in [0.717, 1.165) is 10.6 Å². The first-order valence-corrected chi connectivity index (χ1v) is 4.88. The van der Waals surface area contributed by atoms with Gasteiger partial charge in [0.05, 0.1) is 0 Å². The van der Waals surface area contributed by atoms with Gasteiger partial charge in [0.1, 0.15) is 5.52 Å². The van der Waals surface area contributed by atoms with Crippen molar-refractivity contribution in [3.63, 3.8) is 0 Å². The third kappa shape index (κ3) is 2.31. The fraction of sp³-hybridized carbons (Fsp3) is 0.333. The van der Waals surface area contributed by atoms with Crippen molar-refractivity contribution in [2.24, 2.45) is 5.73 Å². The van der Waals surface area contributed by atoms with E-state index in [0.29, 0.717) is 18.9 Å². The molecule has 2 aromatic heterocycles. The molecule has 92 valence electrons. The van der Waals surface area contributed by atoms with E-state index in [2.05, 4.69) is 15.4 Å². The molecule has 0 aromatic carbocycles. The first-order chi connectivity index (χ1) is 8.02. The second kappa shape index (κ2) is 4.21. The lowest BCUT2D eigenvalue weighted by Gasteiger charge is -2.04. The van der Waals surface area contributed by atoms with E-state index in [-0.39, 0.29) is 5.52 Å². The molecule has 8 heteroatoms. The van der Waals surface area contributed by atoms with Gasteiger partial charge in [-0.1, -0.05) is 0 Å². The van der Waals surface area contributed by atoms with Gasteiger partial charge in [0.25, 0.3) is 0 Å². The number of rotatable bonds is 3. The van der Waals surface area contributed by atoms with Crippen LogP contribution in [0.3, 0.4) is 0 Å². The number of alkyl halides is 3. The first kappa shape index (κ1) is 11.6. The van der Waals surface area contributed by atoms with Gasteiger partial charge in [-0.3, -0.25) is 0 Å². The molecule has 0 amide bonds. The third-order valence-corrected chi connectivity index (χ3v) is 2.12. The second-order valence-corrected chi connectivity index (χ2v) is 3.35. The van der Waals surface area contributed by atoms with Crippen molar-refractivity contribution in [3.05, 3.63) is 24.2 Å². The van der Waals surface area contributed by atoms with Gasteiger partial charge in [-0.05, 0) is 0 Å². The Morgan fingerprint density at radius 3 is 2.82 bits per heavy atom. The maximum atomic E-state index is 12.5. The number of fused-ring (bicyclic) bond motifs is 1. The predicted octanol–water partition coefficient (Wildman–Crippen LogP) is 1.12. The van der Waals surface area contributed by atoms with E-state index < -0.39 is 11.9 Å². The summed E-state index contributed by atoms with van der Waals surface area (Å²) in [6, 6.07) is 0.950. The maximum absolute atomic E-state index is 12.5. The highest BCUT2D eigenvalue weighted by molar-refractivity contribution is 5.67. The smallest absolute Gasteiger partial charge is 0.367 e. The first-order valence-electron chi connectivity index (χ1n) is 4.88. The van der Waals surface area contributed by atoms with Crippen LogP contribution in [-0.4, -0.2) is 27.7 Å². The lowest BCUT2D eigenvalue weighted by atomic mass is 10.3. The van der Waals surface area contributed by atoms with Crippen molar-refractivity contribution < 1.29 is 13.2 Å². The molecule has 0 aliphatic rings. The highest BCUT2D eigenvalue weighted by Crippen LogP contribution is 2.29. The van der Waals surface area contributed by atoms with Crippen LogP contribution in [0.5, 0.6) is 0 Å². The summed E-state index contributed by atoms with van der Waals surface area (Å²) in [5.41, 5.74) is 4.63. The average molecular weight is 245 g/mol. The van der Waals surface area contributed by atoms with Crippen LogP contribution >= 0.6 is 0 Å². The van der Waals surface area contributed by atoms with Crippen LogP contribution in [0.1, 0.15) is 5.69 Å². The molecular formula is C9H10F3N5. The van der Waals surface area contributed by atoms with E-state index in [1.807, 2.05) is 0 Å². The zero-order chi connectivity index (χ0) is 12.5. The van der Waals surface area contributed by atoms with Crippen LogP contribution < -0.4 is 11.1 Å². The van der Waals surface area contributed by atoms with Crippen molar-refractivity contribution in [2.75, 3.05) is 18.4 Å². The van der Waals surface area contributed by atoms with E-state index in [9.17, 15) is 13.2 Å². The van der Waals surface area contributed by atoms with Crippen molar-refractivity contribution in [2.45, 2.75) is 6.18 Å². The summed E-state index contributed by atoms with van der Waals surface area (Å²) in [6.45, 7) is 0.794. The fourth-order valence-electron chi connectivity index (χ4n) is 1.39. The number of hydrogen-bond acceptors (Lipinski definition) is 4. The van der Waals surface area contributed by atoms with Gasteiger partial charge < -0.3 is 11.1 Å². The van der Waals surface area contributed by atoms with Gasteiger partial charge in [0.15, 0.2) is 11.5 Å². The molecule has 0 saturated carbocycles. The Kier molecular flexibility index (Phi) is 2.88. The normalized spacial score (nSPS) is 12.0. The SMILES string of the molecule is NCCNc1nccn2nc(C(F)(F)F)cc12. The Morgan fingerprint density at radius 1 is 1.41 bits per heavy atom. The van der Waals surface area contributed by atoms with Gasteiger partial charge in [0, 0.05) is 31.5 Å². The number of aromatic nitrogens is 3.